The molecule has 1 heterocycles. The number of sulfonamides is 1. The standard InChI is InChI=1S/C12H11N3O3S/c16-9-1-2-10-3-5-11(6-4-10)15-19(17,18)12-7-8-13-14-12/h3-8,15-16H,9H2,(H,13,14). The molecule has 0 fully saturated rings. The number of aliphatic hydroxyl groups is 1. The van der Waals surface area contributed by atoms with Crippen LogP contribution in [-0.4, -0.2) is 30.3 Å². The number of nitrogens with zero attached hydrogens (tertiary/aromatic N) is 1. The van der Waals surface area contributed by atoms with Gasteiger partial charge in [0.1, 0.15) is 6.61 Å². The summed E-state index contributed by atoms with van der Waals surface area (Å²) in [4.78, 5) is 0. The summed E-state index contributed by atoms with van der Waals surface area (Å²) in [7, 11) is -3.64. The van der Waals surface area contributed by atoms with Crippen molar-refractivity contribution in [2.24, 2.45) is 0 Å². The SMILES string of the molecule is O=S(=O)(Nc1ccc(C#CCO)cc1)c1ccn[nH]1. The average Bonchev–Trinajstić information content (AvgIpc) is 2.92. The summed E-state index contributed by atoms with van der Waals surface area (Å²) < 4.78 is 26.2. The molecule has 2 aromatic rings. The van der Waals surface area contributed by atoms with Crippen LogP contribution in [0.3, 0.4) is 0 Å². The van der Waals surface area contributed by atoms with Crippen molar-refractivity contribution in [2.45, 2.75) is 5.03 Å². The lowest BCUT2D eigenvalue weighted by molar-refractivity contribution is 0.350. The predicted octanol–water partition coefficient (Wildman–Crippen LogP) is 0.554. The molecule has 1 aromatic carbocycles. The molecule has 0 amide bonds. The van der Waals surface area contributed by atoms with Gasteiger partial charge in [-0.15, -0.1) is 0 Å². The Morgan fingerprint density at radius 3 is 2.58 bits per heavy atom. The zero-order valence-corrected chi connectivity index (χ0v) is 10.6. The van der Waals surface area contributed by atoms with Crippen molar-refractivity contribution in [3.05, 3.63) is 42.1 Å². The van der Waals surface area contributed by atoms with Gasteiger partial charge in [-0.05, 0) is 30.3 Å². The van der Waals surface area contributed by atoms with Crippen molar-refractivity contribution < 1.29 is 13.5 Å². The van der Waals surface area contributed by atoms with Gasteiger partial charge in [-0.3, -0.25) is 9.82 Å². The quantitative estimate of drug-likeness (QED) is 0.714. The van der Waals surface area contributed by atoms with E-state index in [1.165, 1.54) is 12.3 Å². The molecule has 0 aliphatic heterocycles. The summed E-state index contributed by atoms with van der Waals surface area (Å²) >= 11 is 0. The summed E-state index contributed by atoms with van der Waals surface area (Å²) in [5, 5.41) is 14.5. The Morgan fingerprint density at radius 1 is 1.26 bits per heavy atom. The Labute approximate surface area is 110 Å². The summed E-state index contributed by atoms with van der Waals surface area (Å²) in [6.07, 6.45) is 1.36. The van der Waals surface area contributed by atoms with E-state index in [9.17, 15) is 8.42 Å². The number of rotatable bonds is 3. The number of hydrogen-bond donors (Lipinski definition) is 3. The number of H-pyrrole nitrogens is 1. The van der Waals surface area contributed by atoms with Gasteiger partial charge in [0.25, 0.3) is 10.0 Å². The minimum atomic E-state index is -3.64. The molecule has 2 rings (SSSR count). The van der Waals surface area contributed by atoms with E-state index in [0.717, 1.165) is 0 Å². The third-order valence-corrected chi connectivity index (χ3v) is 3.52. The zero-order chi connectivity index (χ0) is 13.7. The number of benzene rings is 1. The van der Waals surface area contributed by atoms with Gasteiger partial charge in [-0.25, -0.2) is 0 Å². The van der Waals surface area contributed by atoms with Gasteiger partial charge in [-0.2, -0.15) is 13.5 Å². The van der Waals surface area contributed by atoms with Crippen LogP contribution in [0, 0.1) is 11.8 Å². The van der Waals surface area contributed by atoms with Gasteiger partial charge in [-0.1, -0.05) is 11.8 Å². The van der Waals surface area contributed by atoms with Crippen LogP contribution in [-0.2, 0) is 10.0 Å². The van der Waals surface area contributed by atoms with Crippen molar-refractivity contribution in [1.29, 1.82) is 0 Å². The molecule has 7 heteroatoms. The molecule has 19 heavy (non-hydrogen) atoms. The second kappa shape index (κ2) is 5.56. The molecule has 0 atom stereocenters. The second-order valence-electron chi connectivity index (χ2n) is 3.56. The Morgan fingerprint density at radius 2 is 2.00 bits per heavy atom. The summed E-state index contributed by atoms with van der Waals surface area (Å²) in [5.41, 5.74) is 1.11. The lowest BCUT2D eigenvalue weighted by Gasteiger charge is -2.05. The zero-order valence-electron chi connectivity index (χ0n) is 9.79. The van der Waals surface area contributed by atoms with Gasteiger partial charge >= 0.3 is 0 Å². The molecule has 0 spiro atoms. The third-order valence-electron chi connectivity index (χ3n) is 2.21. The largest absolute Gasteiger partial charge is 0.384 e. The number of aliphatic hydroxyl groups excluding tert-OH is 1. The molecule has 0 radical (unpaired) electrons. The van der Waals surface area contributed by atoms with Crippen LogP contribution >= 0.6 is 0 Å². The summed E-state index contributed by atoms with van der Waals surface area (Å²) in [6, 6.07) is 7.87. The smallest absolute Gasteiger partial charge is 0.278 e. The Kier molecular flexibility index (Phi) is 3.85. The maximum Gasteiger partial charge on any atom is 0.278 e. The molecular weight excluding hydrogens is 266 g/mol. The molecule has 0 bridgehead atoms. The molecular formula is C12H11N3O3S. The van der Waals surface area contributed by atoms with Crippen LogP contribution in [0.1, 0.15) is 5.56 Å². The first-order valence-electron chi connectivity index (χ1n) is 5.34. The third kappa shape index (κ3) is 3.34. The lowest BCUT2D eigenvalue weighted by atomic mass is 10.2. The number of aromatic amines is 1. The summed E-state index contributed by atoms with van der Waals surface area (Å²) in [5.74, 6) is 5.23. The second-order valence-corrected chi connectivity index (χ2v) is 5.21. The molecule has 6 nitrogen and oxygen atoms in total. The van der Waals surface area contributed by atoms with Gasteiger partial charge < -0.3 is 5.11 Å². The maximum absolute atomic E-state index is 11.9. The highest BCUT2D eigenvalue weighted by molar-refractivity contribution is 7.92. The Bertz CT molecular complexity index is 695. The van der Waals surface area contributed by atoms with E-state index in [-0.39, 0.29) is 11.6 Å². The average molecular weight is 277 g/mol. The number of aromatic nitrogens is 2. The fourth-order valence-electron chi connectivity index (χ4n) is 1.37. The first-order valence-corrected chi connectivity index (χ1v) is 6.82. The van der Waals surface area contributed by atoms with Crippen LogP contribution in [0.15, 0.2) is 41.6 Å². The van der Waals surface area contributed by atoms with E-state index < -0.39 is 10.0 Å². The van der Waals surface area contributed by atoms with E-state index in [1.807, 2.05) is 0 Å². The first-order chi connectivity index (χ1) is 9.12. The van der Waals surface area contributed by atoms with Crippen molar-refractivity contribution in [3.8, 4) is 11.8 Å². The van der Waals surface area contributed by atoms with Crippen LogP contribution in [0.4, 0.5) is 5.69 Å². The molecule has 0 saturated heterocycles. The topological polar surface area (TPSA) is 95.1 Å². The highest BCUT2D eigenvalue weighted by atomic mass is 32.2. The van der Waals surface area contributed by atoms with E-state index in [4.69, 9.17) is 5.11 Å². The van der Waals surface area contributed by atoms with Crippen molar-refractivity contribution in [2.75, 3.05) is 11.3 Å². The van der Waals surface area contributed by atoms with E-state index in [2.05, 4.69) is 26.8 Å². The molecule has 0 aliphatic rings. The lowest BCUT2D eigenvalue weighted by Crippen LogP contribution is -2.13. The first kappa shape index (κ1) is 13.1. The number of anilines is 1. The van der Waals surface area contributed by atoms with Crippen LogP contribution in [0.25, 0.3) is 0 Å². The highest BCUT2D eigenvalue weighted by Gasteiger charge is 2.14. The van der Waals surface area contributed by atoms with Crippen molar-refractivity contribution in [3.63, 3.8) is 0 Å². The molecule has 98 valence electrons. The normalized spacial score (nSPS) is 10.6. The highest BCUT2D eigenvalue weighted by Crippen LogP contribution is 2.14. The predicted molar refractivity (Wildman–Crippen MR) is 69.8 cm³/mol. The number of nitrogens with one attached hydrogen (secondary N) is 2. The van der Waals surface area contributed by atoms with Gasteiger partial charge in [0, 0.05) is 11.3 Å². The monoisotopic (exact) mass is 277 g/mol. The minimum Gasteiger partial charge on any atom is -0.384 e. The van der Waals surface area contributed by atoms with Crippen LogP contribution in [0.2, 0.25) is 0 Å². The fourth-order valence-corrected chi connectivity index (χ4v) is 2.34. The molecule has 0 saturated carbocycles. The molecule has 0 unspecified atom stereocenters. The van der Waals surface area contributed by atoms with E-state index in [1.54, 1.807) is 24.3 Å². The van der Waals surface area contributed by atoms with Crippen molar-refractivity contribution >= 4 is 15.7 Å². The van der Waals surface area contributed by atoms with Gasteiger partial charge in [0.05, 0.1) is 6.20 Å². The van der Waals surface area contributed by atoms with Crippen LogP contribution < -0.4 is 4.72 Å². The summed E-state index contributed by atoms with van der Waals surface area (Å²) in [6.45, 7) is -0.214. The number of hydrogen-bond acceptors (Lipinski definition) is 4. The van der Waals surface area contributed by atoms with Gasteiger partial charge in [0.15, 0.2) is 5.03 Å². The van der Waals surface area contributed by atoms with E-state index in [0.29, 0.717) is 11.3 Å². The Hall–Kier alpha value is -2.30. The molecule has 1 aromatic heterocycles. The minimum absolute atomic E-state index is 0.00310. The molecule has 3 N–H and O–H groups in total. The van der Waals surface area contributed by atoms with Crippen LogP contribution in [0.5, 0.6) is 0 Å². The Balaban J connectivity index is 2.16. The van der Waals surface area contributed by atoms with Crippen molar-refractivity contribution in [1.82, 2.24) is 10.2 Å². The fraction of sp³-hybridized carbons (Fsp3) is 0.0833. The van der Waals surface area contributed by atoms with Gasteiger partial charge in [0.2, 0.25) is 0 Å². The van der Waals surface area contributed by atoms with E-state index >= 15 is 0 Å². The maximum atomic E-state index is 11.9. The molecule has 0 aliphatic carbocycles.